The van der Waals surface area contributed by atoms with Crippen molar-refractivity contribution in [3.8, 4) is 0 Å². The van der Waals surface area contributed by atoms with Gasteiger partial charge in [0.25, 0.3) is 5.91 Å². The summed E-state index contributed by atoms with van der Waals surface area (Å²) in [6.07, 6.45) is 5.15. The smallest absolute Gasteiger partial charge is 0.319 e. The zero-order chi connectivity index (χ0) is 71.2. The first kappa shape index (κ1) is 70.7. The molecule has 550 valence electrons. The van der Waals surface area contributed by atoms with E-state index < -0.39 is 5.60 Å². The van der Waals surface area contributed by atoms with E-state index in [1.807, 2.05) is 159 Å². The Morgan fingerprint density at radius 3 is 1.50 bits per heavy atom. The standard InChI is InChI=1S/C25H26N8OS.C24H22ClN7O2S.C23H27N7O2S.11H2/c1-17-14-22(32-31-17)28-21-15-23(33-12-5-13-33)30-25(29-21)35-20-10-8-19(9-11-20)27-24(34)26-16-18-6-3-2-4-7-18;25-19-5-2-1-4-18(19)23(34)26-15-6-8-17(9-7-15)35-24-28-20(13-22(29-24)32-10-3-11-32)27-21-12-16(14-33)30-31-21;1-3-21(31)24-15-6-8-16(9-7-15)33-22-26-18(11-20(27-22)30-12-23(2,32)13-30)25-19-10-17(28-29-19)14-4-5-14;;;;;;;;;;;/h2-4,6-11,14-15H,5,12-13,16H2,1H3,(H2,26,27,34)(H2,28,29,30,31,32);1-2,4-9,12-13,33H,3,10-11,14H2,(H,26,34)(H2,27,28,29,30,31);6-11,14,32H,3-5,12-13H2,1-2H3,(H,24,31)(H2,25,26,27,28,29);11*1H. The van der Waals surface area contributed by atoms with Gasteiger partial charge < -0.3 is 62.1 Å². The maximum atomic E-state index is 12.5. The Bertz CT molecular complexity index is 4770. The van der Waals surface area contributed by atoms with Gasteiger partial charge in [0.2, 0.25) is 5.91 Å². The number of hydrogen-bond donors (Lipinski definition) is 12. The topological polar surface area (TPSA) is 349 Å². The van der Waals surface area contributed by atoms with Crippen molar-refractivity contribution >= 4 is 134 Å². The third-order valence-electron chi connectivity index (χ3n) is 16.4. The van der Waals surface area contributed by atoms with E-state index in [0.717, 1.165) is 93.2 Å². The summed E-state index contributed by atoms with van der Waals surface area (Å²) < 4.78 is 0. The summed E-state index contributed by atoms with van der Waals surface area (Å²) in [6, 6.07) is 50.6. The molecular formula is C72H97ClN22O5S3. The van der Waals surface area contributed by atoms with E-state index in [1.165, 1.54) is 54.5 Å². The third kappa shape index (κ3) is 19.9. The minimum absolute atomic E-state index is 0. The Hall–Kier alpha value is -10.8. The number of carbonyl (C=O) groups is 3. The molecule has 3 aliphatic heterocycles. The highest BCUT2D eigenvalue weighted by Gasteiger charge is 2.38. The van der Waals surface area contributed by atoms with E-state index in [4.69, 9.17) is 26.6 Å². The van der Waals surface area contributed by atoms with E-state index in [9.17, 15) is 24.6 Å². The van der Waals surface area contributed by atoms with Crippen LogP contribution in [0.5, 0.6) is 0 Å². The Morgan fingerprint density at radius 2 is 1.04 bits per heavy atom. The number of nitrogens with one attached hydrogen (secondary N) is 10. The highest BCUT2D eigenvalue weighted by molar-refractivity contribution is 7.99. The van der Waals surface area contributed by atoms with Gasteiger partial charge in [-0.1, -0.05) is 61.0 Å². The molecule has 1 aliphatic carbocycles. The lowest BCUT2D eigenvalue weighted by Gasteiger charge is -2.45. The number of aliphatic hydroxyl groups excluding tert-OH is 1. The van der Waals surface area contributed by atoms with Gasteiger partial charge in [-0.25, -0.2) is 34.7 Å². The molecule has 0 radical (unpaired) electrons. The average molecular weight is 1480 g/mol. The highest BCUT2D eigenvalue weighted by atomic mass is 35.5. The van der Waals surface area contributed by atoms with Crippen LogP contribution in [0.1, 0.15) is 101 Å². The van der Waals surface area contributed by atoms with Crippen LogP contribution in [-0.2, 0) is 17.9 Å². The van der Waals surface area contributed by atoms with Gasteiger partial charge in [-0.3, -0.25) is 24.9 Å². The number of carbonyl (C=O) groups excluding carboxylic acids is 3. The maximum Gasteiger partial charge on any atom is 0.319 e. The van der Waals surface area contributed by atoms with Gasteiger partial charge in [-0.2, -0.15) is 15.3 Å². The number of β-amino-alcohol motifs (C(OH)–C–C–N with tert-alkyl or cyclic N) is 1. The summed E-state index contributed by atoms with van der Waals surface area (Å²) in [7, 11) is 0. The molecule has 11 aromatic rings. The van der Waals surface area contributed by atoms with Gasteiger partial charge >= 0.3 is 6.03 Å². The first-order valence-corrected chi connectivity index (χ1v) is 36.3. The van der Waals surface area contributed by atoms with Gasteiger partial charge in [0.1, 0.15) is 34.9 Å². The minimum Gasteiger partial charge on any atom is -0.390 e. The monoisotopic (exact) mass is 1480 g/mol. The van der Waals surface area contributed by atoms with Crippen LogP contribution in [0.4, 0.5) is 74.2 Å². The van der Waals surface area contributed by atoms with Crippen LogP contribution in [0.25, 0.3) is 0 Å². The summed E-state index contributed by atoms with van der Waals surface area (Å²) in [5.41, 5.74) is 5.64. The molecule has 4 fully saturated rings. The van der Waals surface area contributed by atoms with E-state index in [1.54, 1.807) is 30.3 Å². The normalized spacial score (nSPS) is 14.1. The van der Waals surface area contributed by atoms with E-state index >= 15 is 0 Å². The fourth-order valence-electron chi connectivity index (χ4n) is 10.7. The van der Waals surface area contributed by atoms with Crippen LogP contribution in [0.3, 0.4) is 0 Å². The molecule has 9 heterocycles. The van der Waals surface area contributed by atoms with Gasteiger partial charge in [0.15, 0.2) is 32.9 Å². The number of amides is 4. The number of aliphatic hydroxyl groups is 2. The number of aromatic amines is 3. The number of hydrogen-bond acceptors (Lipinski definition) is 23. The summed E-state index contributed by atoms with van der Waals surface area (Å²) >= 11 is 10.5. The van der Waals surface area contributed by atoms with Crippen molar-refractivity contribution in [1.29, 1.82) is 0 Å². The molecule has 0 atom stereocenters. The van der Waals surface area contributed by atoms with Crippen LogP contribution in [0.15, 0.2) is 194 Å². The second kappa shape index (κ2) is 32.9. The Balaban J connectivity index is 0.000000554. The van der Waals surface area contributed by atoms with Crippen LogP contribution in [0, 0.1) is 6.92 Å². The number of aromatic nitrogens is 12. The lowest BCUT2D eigenvalue weighted by atomic mass is 9.97. The summed E-state index contributed by atoms with van der Waals surface area (Å²) in [6.45, 7) is 10.9. The molecule has 5 aromatic carbocycles. The number of nitrogens with zero attached hydrogens (tertiary/aromatic N) is 12. The second-order valence-electron chi connectivity index (χ2n) is 25.0. The number of anilines is 12. The fourth-order valence-corrected chi connectivity index (χ4v) is 13.2. The number of rotatable bonds is 24. The van der Waals surface area contributed by atoms with Gasteiger partial charge in [-0.15, -0.1) is 0 Å². The number of benzene rings is 5. The highest BCUT2D eigenvalue weighted by Crippen LogP contribution is 2.41. The molecule has 12 N–H and O–H groups in total. The summed E-state index contributed by atoms with van der Waals surface area (Å²) in [4.78, 5) is 73.8. The second-order valence-corrected chi connectivity index (χ2v) is 28.5. The summed E-state index contributed by atoms with van der Waals surface area (Å²) in [5.74, 6) is 6.78. The van der Waals surface area contributed by atoms with Crippen molar-refractivity contribution in [3.63, 3.8) is 0 Å². The van der Waals surface area contributed by atoms with Crippen molar-refractivity contribution < 1.29 is 40.3 Å². The van der Waals surface area contributed by atoms with E-state index in [2.05, 4.69) is 92.6 Å². The first-order chi connectivity index (χ1) is 50.0. The molecule has 3 saturated heterocycles. The first-order valence-electron chi connectivity index (χ1n) is 33.5. The molecular weight excluding hydrogens is 1380 g/mol. The molecule has 1 saturated carbocycles. The Morgan fingerprint density at radius 1 is 0.563 bits per heavy atom. The lowest BCUT2D eigenvalue weighted by Crippen LogP contribution is -2.60. The Kier molecular flexibility index (Phi) is 22.6. The van der Waals surface area contributed by atoms with Crippen molar-refractivity contribution in [2.45, 2.75) is 108 Å². The SMILES string of the molecule is CCC(=O)Nc1ccc(Sc2nc(Nc3cc(C4CC4)[nH]n3)cc(N3CC(C)(O)C3)n2)cc1.Cc1cc(Nc2cc(N3CCC3)nc(Sc3ccc(NC(=O)NCc4ccccc4)cc3)n2)n[nH]1.O=C(Nc1ccc(Sc2nc(Nc3cc(CO)[nH]n3)cc(N3CCC3)n2)cc1)c1ccccc1Cl.[HH].[HH].[HH].[HH].[HH].[HH].[HH].[HH].[HH].[HH].[HH]. The van der Waals surface area contributed by atoms with Gasteiger partial charge in [-0.05, 0) is 165 Å². The van der Waals surface area contributed by atoms with Crippen LogP contribution < -0.4 is 51.9 Å². The average Bonchev–Trinajstić information content (AvgIpc) is 1.04. The minimum atomic E-state index is -0.702. The lowest BCUT2D eigenvalue weighted by molar-refractivity contribution is -0.115. The number of aryl methyl sites for hydroxylation is 1. The molecule has 27 nitrogen and oxygen atoms in total. The molecule has 0 bridgehead atoms. The maximum absolute atomic E-state index is 12.5. The zero-order valence-electron chi connectivity index (χ0n) is 56.4. The van der Waals surface area contributed by atoms with Crippen molar-refractivity contribution in [2.75, 3.05) is 85.9 Å². The zero-order valence-corrected chi connectivity index (χ0v) is 59.7. The number of halogens is 1. The van der Waals surface area contributed by atoms with Crippen molar-refractivity contribution in [3.05, 3.63) is 197 Å². The molecule has 0 spiro atoms. The number of urea groups is 1. The predicted octanol–water partition coefficient (Wildman–Crippen LogP) is 16.2. The molecule has 15 rings (SSSR count). The van der Waals surface area contributed by atoms with Crippen LogP contribution in [0.2, 0.25) is 5.02 Å². The Labute approximate surface area is 627 Å². The van der Waals surface area contributed by atoms with Gasteiger partial charge in [0.05, 0.1) is 28.5 Å². The molecule has 0 unspecified atom stereocenters. The number of H-pyrrole nitrogens is 3. The van der Waals surface area contributed by atoms with E-state index in [0.29, 0.717) is 104 Å². The fraction of sp³-hybridized carbons (Fsp3) is 0.250. The molecule has 4 aliphatic rings. The molecule has 103 heavy (non-hydrogen) atoms. The summed E-state index contributed by atoms with van der Waals surface area (Å²) in [5, 5.41) is 64.4. The predicted molar refractivity (Wildman–Crippen MR) is 426 cm³/mol. The van der Waals surface area contributed by atoms with Crippen molar-refractivity contribution in [1.82, 2.24) is 65.8 Å². The van der Waals surface area contributed by atoms with E-state index in [-0.39, 0.29) is 40.1 Å². The largest absolute Gasteiger partial charge is 0.390 e. The van der Waals surface area contributed by atoms with Gasteiger partial charge in [0, 0.05) is 153 Å². The quantitative estimate of drug-likeness (QED) is 0.0250. The molecule has 31 heteroatoms. The molecule has 6 aromatic heterocycles. The van der Waals surface area contributed by atoms with Crippen LogP contribution in [-0.4, -0.2) is 133 Å². The van der Waals surface area contributed by atoms with Crippen molar-refractivity contribution in [2.24, 2.45) is 0 Å². The van der Waals surface area contributed by atoms with Crippen LogP contribution >= 0.6 is 46.9 Å². The third-order valence-corrected chi connectivity index (χ3v) is 19.4. The molecule has 4 amide bonds.